The van der Waals surface area contributed by atoms with E-state index in [0.29, 0.717) is 23.0 Å². The number of amides is 1. The zero-order valence-corrected chi connectivity index (χ0v) is 16.1. The third-order valence-electron chi connectivity index (χ3n) is 4.71. The first kappa shape index (κ1) is 19.7. The Labute approximate surface area is 162 Å². The Bertz CT molecular complexity index is 1060. The van der Waals surface area contributed by atoms with Crippen molar-refractivity contribution in [1.29, 1.82) is 0 Å². The van der Waals surface area contributed by atoms with E-state index in [1.807, 2.05) is 31.1 Å². The molecule has 0 unspecified atom stereocenters. The molecule has 7 heteroatoms. The van der Waals surface area contributed by atoms with Gasteiger partial charge in [-0.3, -0.25) is 9.59 Å². The zero-order chi connectivity index (χ0) is 20.3. The number of carbonyl (C=O) groups is 1. The third-order valence-corrected chi connectivity index (χ3v) is 4.71. The van der Waals surface area contributed by atoms with Gasteiger partial charge in [-0.25, -0.2) is 9.07 Å². The van der Waals surface area contributed by atoms with E-state index in [1.165, 1.54) is 16.8 Å². The summed E-state index contributed by atoms with van der Waals surface area (Å²) in [6.45, 7) is 0.332. The predicted molar refractivity (Wildman–Crippen MR) is 107 cm³/mol. The van der Waals surface area contributed by atoms with E-state index in [4.69, 9.17) is 0 Å². The lowest BCUT2D eigenvalue weighted by Crippen LogP contribution is -2.35. The molecule has 0 bridgehead atoms. The maximum atomic E-state index is 13.6. The van der Waals surface area contributed by atoms with Crippen molar-refractivity contribution in [1.82, 2.24) is 20.0 Å². The molecule has 0 aliphatic carbocycles. The molecule has 146 valence electrons. The second-order valence-electron chi connectivity index (χ2n) is 6.94. The summed E-state index contributed by atoms with van der Waals surface area (Å²) in [6.07, 6.45) is 0.0535. The minimum Gasteiger partial charge on any atom is -0.354 e. The van der Waals surface area contributed by atoms with Crippen LogP contribution in [0.3, 0.4) is 0 Å². The van der Waals surface area contributed by atoms with Crippen LogP contribution in [0.5, 0.6) is 0 Å². The fraction of sp³-hybridized carbons (Fsp3) is 0.286. The molecule has 1 amide bonds. The highest BCUT2D eigenvalue weighted by Crippen LogP contribution is 2.18. The van der Waals surface area contributed by atoms with Crippen LogP contribution in [-0.2, 0) is 18.3 Å². The number of likely N-dealkylation sites (N-methyl/N-ethyl adjacent to an activating group) is 1. The number of carbonyl (C=O) groups excluding carboxylic acids is 1. The molecule has 1 N–H and O–H groups in total. The topological polar surface area (TPSA) is 67.2 Å². The molecule has 0 aliphatic heterocycles. The number of nitrogens with zero attached hydrogens (tertiary/aromatic N) is 3. The summed E-state index contributed by atoms with van der Waals surface area (Å²) in [7, 11) is 5.33. The van der Waals surface area contributed by atoms with Gasteiger partial charge in [0.2, 0.25) is 5.91 Å². The summed E-state index contributed by atoms with van der Waals surface area (Å²) in [5, 5.41) is 8.37. The predicted octanol–water partition coefficient (Wildman–Crippen LogP) is 2.03. The second-order valence-corrected chi connectivity index (χ2v) is 6.94. The number of hydrogen-bond donors (Lipinski definition) is 1. The van der Waals surface area contributed by atoms with Gasteiger partial charge < -0.3 is 10.2 Å². The van der Waals surface area contributed by atoms with Crippen molar-refractivity contribution in [2.45, 2.75) is 12.5 Å². The minimum absolute atomic E-state index is 0.0535. The Morgan fingerprint density at radius 1 is 1.18 bits per heavy atom. The van der Waals surface area contributed by atoms with Gasteiger partial charge in [0.15, 0.2) is 0 Å². The lowest BCUT2D eigenvalue weighted by molar-refractivity contribution is -0.120. The Morgan fingerprint density at radius 3 is 2.57 bits per heavy atom. The summed E-state index contributed by atoms with van der Waals surface area (Å²) in [4.78, 5) is 26.7. The maximum Gasteiger partial charge on any atom is 0.274 e. The Morgan fingerprint density at radius 2 is 1.89 bits per heavy atom. The van der Waals surface area contributed by atoms with Gasteiger partial charge in [-0.05, 0) is 37.9 Å². The molecule has 3 aromatic rings. The fourth-order valence-electron chi connectivity index (χ4n) is 3.24. The lowest BCUT2D eigenvalue weighted by Gasteiger charge is -2.25. The molecule has 3 rings (SSSR count). The van der Waals surface area contributed by atoms with Crippen LogP contribution in [-0.4, -0.2) is 41.2 Å². The summed E-state index contributed by atoms with van der Waals surface area (Å²) in [5.41, 5.74) is 1.14. The molecule has 1 aromatic heterocycles. The maximum absolute atomic E-state index is 13.6. The fourth-order valence-corrected chi connectivity index (χ4v) is 3.24. The number of hydrogen-bond acceptors (Lipinski definition) is 4. The molecular formula is C21H23FN4O2. The van der Waals surface area contributed by atoms with Crippen molar-refractivity contribution < 1.29 is 9.18 Å². The Hall–Kier alpha value is -3.06. The third kappa shape index (κ3) is 4.26. The van der Waals surface area contributed by atoms with Crippen molar-refractivity contribution in [2.75, 3.05) is 20.6 Å². The molecule has 0 spiro atoms. The van der Waals surface area contributed by atoms with Gasteiger partial charge in [-0.2, -0.15) is 5.10 Å². The molecule has 6 nitrogen and oxygen atoms in total. The number of aromatic nitrogens is 2. The van der Waals surface area contributed by atoms with Crippen molar-refractivity contribution in [2.24, 2.45) is 7.05 Å². The van der Waals surface area contributed by atoms with Gasteiger partial charge in [0.1, 0.15) is 5.82 Å². The van der Waals surface area contributed by atoms with Crippen molar-refractivity contribution >= 4 is 16.7 Å². The zero-order valence-electron chi connectivity index (χ0n) is 16.1. The molecular weight excluding hydrogens is 359 g/mol. The molecule has 28 heavy (non-hydrogen) atoms. The standard InChI is InChI=1S/C21H23FN4O2/c1-25(2)19(14-7-6-8-15(22)11-14)13-23-20(27)12-18-16-9-4-5-10-17(16)21(28)26(3)24-18/h4-11,19H,12-13H2,1-3H3,(H,23,27)/t19-/m1/s1. The van der Waals surface area contributed by atoms with Crippen LogP contribution in [0.25, 0.3) is 10.8 Å². The normalized spacial score (nSPS) is 12.3. The molecule has 0 saturated heterocycles. The van der Waals surface area contributed by atoms with Crippen LogP contribution < -0.4 is 10.9 Å². The Balaban J connectivity index is 1.76. The quantitative estimate of drug-likeness (QED) is 0.709. The number of halogens is 1. The number of nitrogens with one attached hydrogen (secondary N) is 1. The number of rotatable bonds is 6. The Kier molecular flexibility index (Phi) is 5.84. The average molecular weight is 382 g/mol. The number of benzene rings is 2. The van der Waals surface area contributed by atoms with Crippen molar-refractivity contribution in [3.63, 3.8) is 0 Å². The number of fused-ring (bicyclic) bond motifs is 1. The molecule has 0 fully saturated rings. The van der Waals surface area contributed by atoms with Gasteiger partial charge in [0.05, 0.1) is 23.5 Å². The van der Waals surface area contributed by atoms with E-state index in [-0.39, 0.29) is 29.7 Å². The van der Waals surface area contributed by atoms with Gasteiger partial charge in [0, 0.05) is 19.0 Å². The molecule has 0 aliphatic rings. The van der Waals surface area contributed by atoms with Crippen molar-refractivity contribution in [3.05, 3.63) is 76.0 Å². The van der Waals surface area contributed by atoms with Gasteiger partial charge in [-0.1, -0.05) is 30.3 Å². The van der Waals surface area contributed by atoms with Crippen LogP contribution in [0.15, 0.2) is 53.3 Å². The summed E-state index contributed by atoms with van der Waals surface area (Å²) in [6, 6.07) is 13.3. The van der Waals surface area contributed by atoms with Gasteiger partial charge in [0.25, 0.3) is 5.56 Å². The largest absolute Gasteiger partial charge is 0.354 e. The average Bonchev–Trinajstić information content (AvgIpc) is 2.66. The summed E-state index contributed by atoms with van der Waals surface area (Å²) in [5.74, 6) is -0.517. The highest BCUT2D eigenvalue weighted by Gasteiger charge is 2.17. The van der Waals surface area contributed by atoms with E-state index in [1.54, 1.807) is 31.3 Å². The lowest BCUT2D eigenvalue weighted by atomic mass is 10.1. The molecule has 1 atom stereocenters. The van der Waals surface area contributed by atoms with Crippen molar-refractivity contribution in [3.8, 4) is 0 Å². The van der Waals surface area contributed by atoms with Crippen LogP contribution in [0.1, 0.15) is 17.3 Å². The smallest absolute Gasteiger partial charge is 0.274 e. The molecule has 2 aromatic carbocycles. The van der Waals surface area contributed by atoms with E-state index in [0.717, 1.165) is 5.56 Å². The van der Waals surface area contributed by atoms with Crippen LogP contribution in [0, 0.1) is 5.82 Å². The SMILES string of the molecule is CN(C)[C@H](CNC(=O)Cc1nn(C)c(=O)c2ccccc12)c1cccc(F)c1. The van der Waals surface area contributed by atoms with E-state index in [9.17, 15) is 14.0 Å². The first-order valence-corrected chi connectivity index (χ1v) is 9.00. The van der Waals surface area contributed by atoms with E-state index < -0.39 is 0 Å². The van der Waals surface area contributed by atoms with Crippen LogP contribution >= 0.6 is 0 Å². The van der Waals surface area contributed by atoms with Crippen LogP contribution in [0.4, 0.5) is 4.39 Å². The summed E-state index contributed by atoms with van der Waals surface area (Å²) >= 11 is 0. The highest BCUT2D eigenvalue weighted by molar-refractivity contribution is 5.88. The molecule has 1 heterocycles. The van der Waals surface area contributed by atoms with Crippen LogP contribution in [0.2, 0.25) is 0 Å². The first-order chi connectivity index (χ1) is 13.4. The molecule has 0 saturated carbocycles. The second kappa shape index (κ2) is 8.31. The first-order valence-electron chi connectivity index (χ1n) is 9.00. The van der Waals surface area contributed by atoms with E-state index >= 15 is 0 Å². The van der Waals surface area contributed by atoms with E-state index in [2.05, 4.69) is 10.4 Å². The van der Waals surface area contributed by atoms with Gasteiger partial charge in [-0.15, -0.1) is 0 Å². The number of aryl methyl sites for hydroxylation is 1. The monoisotopic (exact) mass is 382 g/mol. The minimum atomic E-state index is -0.309. The summed E-state index contributed by atoms with van der Waals surface area (Å²) < 4.78 is 14.8. The van der Waals surface area contributed by atoms with Gasteiger partial charge >= 0.3 is 0 Å². The highest BCUT2D eigenvalue weighted by atomic mass is 19.1. The molecule has 0 radical (unpaired) electrons.